The van der Waals surface area contributed by atoms with Crippen LogP contribution in [-0.2, 0) is 94.7 Å². The molecule has 10 fully saturated rings. The van der Waals surface area contributed by atoms with E-state index in [9.17, 15) is 158 Å². The highest BCUT2D eigenvalue weighted by Crippen LogP contribution is 2.41. The number of hydrogen-bond donors (Lipinski definition) is 32. The van der Waals surface area contributed by atoms with Crippen LogP contribution in [0.5, 0.6) is 0 Å². The Balaban J connectivity index is 0.902. The Hall–Kier alpha value is -1.69. The van der Waals surface area contributed by atoms with Gasteiger partial charge in [0.2, 0.25) is 0 Å². The van der Waals surface area contributed by atoms with E-state index in [1.165, 1.54) is 0 Å². The molecule has 0 aliphatic carbocycles. The van der Waals surface area contributed by atoms with E-state index in [1.807, 2.05) is 0 Å². The minimum Gasteiger partial charge on any atom is -0.394 e. The molecule has 115 heavy (non-hydrogen) atoms. The molecule has 51 nitrogen and oxygen atoms in total. The summed E-state index contributed by atoms with van der Waals surface area (Å²) in [6, 6.07) is 0. The van der Waals surface area contributed by atoms with Crippen LogP contribution in [-0.4, -0.2) is 544 Å². The number of rotatable bonds is 32. The minimum absolute atomic E-state index is 0.124. The number of thiol groups is 1. The van der Waals surface area contributed by atoms with Gasteiger partial charge in [0.25, 0.3) is 0 Å². The van der Waals surface area contributed by atoms with Crippen molar-refractivity contribution in [3.63, 3.8) is 0 Å². The molecule has 31 N–H and O–H groups in total. The second kappa shape index (κ2) is 42.3. The molecule has 10 aliphatic rings. The third-order valence-corrected chi connectivity index (χ3v) is 21.7. The lowest BCUT2D eigenvalue weighted by atomic mass is 9.95. The van der Waals surface area contributed by atoms with Crippen molar-refractivity contribution in [3.8, 4) is 0 Å². The van der Waals surface area contributed by atoms with E-state index < -0.39 is 373 Å². The van der Waals surface area contributed by atoms with Crippen molar-refractivity contribution in [1.82, 2.24) is 0 Å². The summed E-state index contributed by atoms with van der Waals surface area (Å²) in [4.78, 5) is 0. The molecule has 52 heteroatoms. The van der Waals surface area contributed by atoms with Crippen LogP contribution in [0.1, 0.15) is 6.42 Å². The van der Waals surface area contributed by atoms with Gasteiger partial charge in [-0.1, -0.05) is 0 Å². The van der Waals surface area contributed by atoms with E-state index >= 15 is 0 Å². The maximum absolute atomic E-state index is 12.4. The molecular formula is C63H108O51S. The molecule has 50 atom stereocenters. The van der Waals surface area contributed by atoms with Crippen LogP contribution in [0.25, 0.3) is 0 Å². The van der Waals surface area contributed by atoms with Gasteiger partial charge in [-0.3, -0.25) is 0 Å². The molecule has 20 unspecified atom stereocenters. The lowest BCUT2D eigenvalue weighted by Gasteiger charge is -2.51. The van der Waals surface area contributed by atoms with Gasteiger partial charge in [-0.25, -0.2) is 0 Å². The molecular weight excluding hydrogens is 1600 g/mol. The zero-order chi connectivity index (χ0) is 84.2. The van der Waals surface area contributed by atoms with Gasteiger partial charge in [-0.2, -0.15) is 12.6 Å². The lowest BCUT2D eigenvalue weighted by molar-refractivity contribution is -0.410. The van der Waals surface area contributed by atoms with Gasteiger partial charge in [0.15, 0.2) is 62.9 Å². The first kappa shape index (κ1) is 95.5. The SMILES string of the molecule is OCC1O[C@@H](OCC2O[C@H](OCCCS)C(O)[C@@H](O[C@@H]3OC(CO)[C@@H](O)[C@H](O)C3O)[C@@H]2O[C@@H]2OC(CO)[C@@H](O)[C@H](O)C2O[C@H]2OC(CO)[C@@H](O[C@@H]3OC(CO)[C@H](O[C@H]4OC(CO)[C@H](O)[C@H](O)C4O)[C@H](O)C3O)[C@H](O)C2O)[C@@H](O[C@@H]2OC(CO)[C@@H](O[C@@H]3OC(CO)[C@H](O[C@H]4OC(CO)[C@H](O)[C@H](O)C4O)[C@H](O)C3O)[C@H](O)C2O)C(O)[C@@H]1O. The average Bonchev–Trinajstić information content (AvgIpc) is 0.764. The summed E-state index contributed by atoms with van der Waals surface area (Å²) in [6.45, 7) is -11.1. The number of aliphatic hydroxyl groups is 31. The molecule has 10 saturated heterocycles. The van der Waals surface area contributed by atoms with Crippen molar-refractivity contribution in [2.24, 2.45) is 0 Å². The van der Waals surface area contributed by atoms with Crippen molar-refractivity contribution in [2.75, 3.05) is 78.4 Å². The number of hydrogen-bond acceptors (Lipinski definition) is 52. The molecule has 0 aromatic rings. The Bertz CT molecular complexity index is 2860. The molecule has 0 aromatic carbocycles. The number of ether oxygens (including phenoxy) is 20. The maximum atomic E-state index is 12.4. The van der Waals surface area contributed by atoms with Crippen LogP contribution in [0, 0.1) is 0 Å². The summed E-state index contributed by atoms with van der Waals surface area (Å²) < 4.78 is 117. The summed E-state index contributed by atoms with van der Waals surface area (Å²) in [5.41, 5.74) is 0. The molecule has 0 bridgehead atoms. The zero-order valence-corrected chi connectivity index (χ0v) is 61.4. The van der Waals surface area contributed by atoms with Crippen molar-refractivity contribution >= 4 is 12.6 Å². The quantitative estimate of drug-likeness (QED) is 0.0220. The standard InChI is InChI=1S/C63H108O51S/c64-4-14-24(73)29(78)38(87)55(97-14)107-46-19(9-69)102-58(41(90)34(46)83)109-48-21(11-71)104-60(43(92)36(48)85)113-52-32(81)27(76)17(7-67)100-62(52)96-13-23-50(51(45(94)54(106-23)95-2-1-3-115)112-57-40(89)31(80)26(75)16(6-66)99-57)111-63-53(33(82)28(77)18(8-68)101-63)114-61-44(93)37(86)49(22(12-72)105-61)110-59-42(91)35(84)47(20(10-70)103-59)108-56-39(88)30(79)25(74)15(5-65)98-56/h14-94,115H,1-13H2/t14?,15?,16?,17?,18?,19?,20?,21?,22?,23?,24-,25-,26+,27+,28+,29-,30-,31-,32?,33-,34+,35+,36+,37+,38?,39?,40?,41?,42?,43?,44?,45?,46-,47-,48+,49+,50+,51+,52-,53?,54-,55+,56+,57-,58-,59-,60-,61+,62+,63-/m0/s1. The van der Waals surface area contributed by atoms with Crippen LogP contribution < -0.4 is 0 Å². The largest absolute Gasteiger partial charge is 0.394 e. The summed E-state index contributed by atoms with van der Waals surface area (Å²) in [7, 11) is 0. The molecule has 10 rings (SSSR count). The highest BCUT2D eigenvalue weighted by molar-refractivity contribution is 7.80. The van der Waals surface area contributed by atoms with Crippen molar-refractivity contribution in [2.45, 2.75) is 313 Å². The van der Waals surface area contributed by atoms with Crippen LogP contribution >= 0.6 is 12.6 Å². The summed E-state index contributed by atoms with van der Waals surface area (Å²) in [5.74, 6) is 0.144. The Kier molecular flexibility index (Phi) is 35.2. The van der Waals surface area contributed by atoms with Gasteiger partial charge in [0, 0.05) is 0 Å². The third-order valence-electron chi connectivity index (χ3n) is 21.4. The Morgan fingerprint density at radius 2 is 0.400 bits per heavy atom. The number of aliphatic hydroxyl groups excluding tert-OH is 31. The van der Waals surface area contributed by atoms with E-state index in [2.05, 4.69) is 12.6 Å². The predicted octanol–water partition coefficient (Wildman–Crippen LogP) is -21.5. The van der Waals surface area contributed by atoms with Crippen molar-refractivity contribution in [1.29, 1.82) is 0 Å². The lowest BCUT2D eigenvalue weighted by Crippen LogP contribution is -2.69. The van der Waals surface area contributed by atoms with E-state index in [1.54, 1.807) is 0 Å². The van der Waals surface area contributed by atoms with Crippen LogP contribution in [0.15, 0.2) is 0 Å². The van der Waals surface area contributed by atoms with Gasteiger partial charge < -0.3 is 253 Å². The van der Waals surface area contributed by atoms with Gasteiger partial charge in [0.1, 0.15) is 244 Å². The predicted molar refractivity (Wildman–Crippen MR) is 352 cm³/mol. The molecule has 10 aliphatic heterocycles. The first-order chi connectivity index (χ1) is 54.7. The molecule has 0 aromatic heterocycles. The molecule has 672 valence electrons. The van der Waals surface area contributed by atoms with Crippen molar-refractivity contribution < 1.29 is 253 Å². The fourth-order valence-electron chi connectivity index (χ4n) is 14.7. The zero-order valence-electron chi connectivity index (χ0n) is 60.5. The highest BCUT2D eigenvalue weighted by Gasteiger charge is 2.62. The summed E-state index contributed by atoms with van der Waals surface area (Å²) >= 11 is 4.19. The Morgan fingerprint density at radius 1 is 0.183 bits per heavy atom. The first-order valence-electron chi connectivity index (χ1n) is 36.8. The average molecular weight is 1710 g/mol. The molecule has 0 spiro atoms. The monoisotopic (exact) mass is 1710 g/mol. The molecule has 0 amide bonds. The minimum atomic E-state index is -2.46. The van der Waals surface area contributed by atoms with Crippen LogP contribution in [0.4, 0.5) is 0 Å². The van der Waals surface area contributed by atoms with E-state index in [0.717, 1.165) is 0 Å². The Morgan fingerprint density at radius 3 is 0.696 bits per heavy atom. The topological polar surface area (TPSA) is 812 Å². The first-order valence-corrected chi connectivity index (χ1v) is 37.4. The van der Waals surface area contributed by atoms with Gasteiger partial charge in [-0.05, 0) is 12.2 Å². The van der Waals surface area contributed by atoms with Gasteiger partial charge in [-0.15, -0.1) is 0 Å². The third kappa shape index (κ3) is 20.5. The fourth-order valence-corrected chi connectivity index (χ4v) is 14.8. The molecule has 0 saturated carbocycles. The van der Waals surface area contributed by atoms with Crippen LogP contribution in [0.2, 0.25) is 0 Å². The van der Waals surface area contributed by atoms with Gasteiger partial charge in [0.05, 0.1) is 72.7 Å². The fraction of sp³-hybridized carbons (Fsp3) is 1.00. The normalized spacial score (nSPS) is 52.3. The van der Waals surface area contributed by atoms with Gasteiger partial charge >= 0.3 is 0 Å². The van der Waals surface area contributed by atoms with E-state index in [0.29, 0.717) is 0 Å². The van der Waals surface area contributed by atoms with E-state index in [4.69, 9.17) is 94.7 Å². The maximum Gasteiger partial charge on any atom is 0.187 e. The molecule has 0 radical (unpaired) electrons. The molecule has 10 heterocycles. The van der Waals surface area contributed by atoms with Crippen molar-refractivity contribution in [3.05, 3.63) is 0 Å². The smallest absolute Gasteiger partial charge is 0.187 e. The summed E-state index contributed by atoms with van der Waals surface area (Å²) in [5, 5.41) is 340. The summed E-state index contributed by atoms with van der Waals surface area (Å²) in [6.07, 6.45) is -104. The highest BCUT2D eigenvalue weighted by atomic mass is 32.1. The Labute approximate surface area is 655 Å². The second-order valence-electron chi connectivity index (χ2n) is 29.0. The van der Waals surface area contributed by atoms with E-state index in [-0.39, 0.29) is 18.8 Å². The van der Waals surface area contributed by atoms with Crippen LogP contribution in [0.3, 0.4) is 0 Å². The second-order valence-corrected chi connectivity index (χ2v) is 29.4.